The third kappa shape index (κ3) is 25.2. The topological polar surface area (TPSA) is 17.1 Å². The standard InChI is InChI=1S/C22H29F3O.C14H30.C10H22/c1-7-9-10-18-12-11-15(4)20(17(6)14(3)8-2)21(18)19(13-16(5)26)22(23,24)25;1-3-5-7-9-11-13-14-12-10-8-6-4-2;1-3-5-7-9-10-8-6-4-2/h11-13H,7-10H2,1-6H3;3-14H2,1-2H3;3-10H2,1-2H3/b17-14+,19-13+;;. The Hall–Kier alpha value is -1.84. The van der Waals surface area contributed by atoms with E-state index in [1.807, 2.05) is 40.7 Å². The molecule has 292 valence electrons. The number of rotatable bonds is 25. The van der Waals surface area contributed by atoms with E-state index in [9.17, 15) is 18.0 Å². The van der Waals surface area contributed by atoms with Gasteiger partial charge in [0.1, 0.15) is 0 Å². The van der Waals surface area contributed by atoms with Crippen molar-refractivity contribution in [3.05, 3.63) is 46.0 Å². The summed E-state index contributed by atoms with van der Waals surface area (Å²) in [5.74, 6) is -0.597. The number of alkyl halides is 3. The Morgan fingerprint density at radius 2 is 0.920 bits per heavy atom. The summed E-state index contributed by atoms with van der Waals surface area (Å²) < 4.78 is 41.7. The first-order chi connectivity index (χ1) is 23.9. The summed E-state index contributed by atoms with van der Waals surface area (Å²) in [6, 6.07) is 3.66. The molecule has 0 amide bonds. The fourth-order valence-electron chi connectivity index (χ4n) is 6.22. The average Bonchev–Trinajstić information content (AvgIpc) is 3.08. The fraction of sp³-hybridized carbons (Fsp3) is 0.761. The zero-order valence-corrected chi connectivity index (χ0v) is 34.7. The molecule has 0 aliphatic rings. The molecule has 0 spiro atoms. The quantitative estimate of drug-likeness (QED) is 0.0731. The number of carbonyl (C=O) groups excluding carboxylic acids is 1. The van der Waals surface area contributed by atoms with Gasteiger partial charge in [0.15, 0.2) is 5.78 Å². The second-order valence-corrected chi connectivity index (χ2v) is 14.5. The summed E-state index contributed by atoms with van der Waals surface area (Å²) in [7, 11) is 0. The average molecular weight is 707 g/mol. The van der Waals surface area contributed by atoms with Gasteiger partial charge in [-0.3, -0.25) is 4.79 Å². The monoisotopic (exact) mass is 707 g/mol. The highest BCUT2D eigenvalue weighted by atomic mass is 19.4. The SMILES string of the molecule is CCCCCCCCCC.CCCCCCCCCCCCCC.CCCCc1ccc(C)c(/C(C)=C(\C)CC)c1/C(=C\C(C)=O)C(F)(F)F. The van der Waals surface area contributed by atoms with Crippen LogP contribution in [0.2, 0.25) is 0 Å². The van der Waals surface area contributed by atoms with Crippen molar-refractivity contribution in [2.45, 2.75) is 230 Å². The van der Waals surface area contributed by atoms with Crippen LogP contribution in [0, 0.1) is 6.92 Å². The van der Waals surface area contributed by atoms with Crippen LogP contribution in [0.15, 0.2) is 23.8 Å². The molecular weight excluding hydrogens is 625 g/mol. The second kappa shape index (κ2) is 33.0. The van der Waals surface area contributed by atoms with Crippen molar-refractivity contribution >= 4 is 16.9 Å². The molecule has 0 saturated carbocycles. The van der Waals surface area contributed by atoms with E-state index in [-0.39, 0.29) is 5.56 Å². The van der Waals surface area contributed by atoms with E-state index in [1.54, 1.807) is 6.07 Å². The minimum atomic E-state index is -4.59. The first-order valence-electron chi connectivity index (χ1n) is 21.0. The molecule has 0 atom stereocenters. The normalized spacial score (nSPS) is 12.1. The van der Waals surface area contributed by atoms with Gasteiger partial charge in [0.25, 0.3) is 0 Å². The lowest BCUT2D eigenvalue weighted by Gasteiger charge is -2.23. The van der Waals surface area contributed by atoms with E-state index in [0.717, 1.165) is 49.0 Å². The summed E-state index contributed by atoms with van der Waals surface area (Å²) in [5.41, 5.74) is 3.31. The maximum Gasteiger partial charge on any atom is 0.417 e. The zero-order valence-electron chi connectivity index (χ0n) is 34.7. The number of ketones is 1. The lowest BCUT2D eigenvalue weighted by atomic mass is 9.83. The largest absolute Gasteiger partial charge is 0.417 e. The van der Waals surface area contributed by atoms with Crippen LogP contribution in [-0.2, 0) is 11.2 Å². The first kappa shape index (κ1) is 50.3. The number of allylic oxidation sites excluding steroid dienone is 4. The summed E-state index contributed by atoms with van der Waals surface area (Å²) in [5, 5.41) is 0. The van der Waals surface area contributed by atoms with Crippen molar-refractivity contribution < 1.29 is 18.0 Å². The van der Waals surface area contributed by atoms with E-state index in [2.05, 4.69) is 27.7 Å². The molecule has 50 heavy (non-hydrogen) atoms. The lowest BCUT2D eigenvalue weighted by Crippen LogP contribution is -2.16. The number of unbranched alkanes of at least 4 members (excludes halogenated alkanes) is 19. The van der Waals surface area contributed by atoms with Crippen LogP contribution in [0.4, 0.5) is 13.2 Å². The molecule has 0 aliphatic heterocycles. The van der Waals surface area contributed by atoms with Crippen molar-refractivity contribution in [2.24, 2.45) is 0 Å². The predicted octanol–water partition coefficient (Wildman–Crippen LogP) is 16.9. The van der Waals surface area contributed by atoms with E-state index in [0.29, 0.717) is 17.5 Å². The summed E-state index contributed by atoms with van der Waals surface area (Å²) in [6.07, 6.45) is 28.1. The smallest absolute Gasteiger partial charge is 0.295 e. The van der Waals surface area contributed by atoms with Gasteiger partial charge >= 0.3 is 6.18 Å². The van der Waals surface area contributed by atoms with E-state index < -0.39 is 17.5 Å². The molecule has 4 heteroatoms. The Labute approximate surface area is 309 Å². The molecule has 0 saturated heterocycles. The third-order valence-corrected chi connectivity index (χ3v) is 9.68. The van der Waals surface area contributed by atoms with Gasteiger partial charge in [-0.1, -0.05) is 194 Å². The molecule has 1 nitrogen and oxygen atoms in total. The Balaban J connectivity index is 0. The van der Waals surface area contributed by atoms with Gasteiger partial charge in [0.2, 0.25) is 0 Å². The van der Waals surface area contributed by atoms with E-state index in [4.69, 9.17) is 0 Å². The van der Waals surface area contributed by atoms with Gasteiger partial charge in [0.05, 0.1) is 5.57 Å². The zero-order chi connectivity index (χ0) is 38.2. The molecule has 1 aromatic rings. The molecule has 0 bridgehead atoms. The van der Waals surface area contributed by atoms with Crippen molar-refractivity contribution in [1.29, 1.82) is 0 Å². The second-order valence-electron chi connectivity index (χ2n) is 14.5. The van der Waals surface area contributed by atoms with Gasteiger partial charge < -0.3 is 0 Å². The minimum Gasteiger partial charge on any atom is -0.295 e. The number of hydrogen-bond donors (Lipinski definition) is 0. The molecule has 0 aliphatic carbocycles. The van der Waals surface area contributed by atoms with Crippen molar-refractivity contribution in [1.82, 2.24) is 0 Å². The lowest BCUT2D eigenvalue weighted by molar-refractivity contribution is -0.113. The molecule has 1 aromatic carbocycles. The predicted molar refractivity (Wildman–Crippen MR) is 218 cm³/mol. The Morgan fingerprint density at radius 1 is 0.560 bits per heavy atom. The molecule has 1 rings (SSSR count). The Kier molecular flexibility index (Phi) is 33.2. The van der Waals surface area contributed by atoms with Gasteiger partial charge in [0, 0.05) is 0 Å². The van der Waals surface area contributed by atoms with Crippen LogP contribution < -0.4 is 0 Å². The van der Waals surface area contributed by atoms with Crippen molar-refractivity contribution in [3.8, 4) is 0 Å². The molecule has 0 aromatic heterocycles. The van der Waals surface area contributed by atoms with Gasteiger partial charge in [-0.25, -0.2) is 0 Å². The first-order valence-corrected chi connectivity index (χ1v) is 21.0. The maximum absolute atomic E-state index is 13.9. The highest BCUT2D eigenvalue weighted by Crippen LogP contribution is 2.42. The third-order valence-electron chi connectivity index (χ3n) is 9.68. The summed E-state index contributed by atoms with van der Waals surface area (Å²) in [6.45, 7) is 19.9. The highest BCUT2D eigenvalue weighted by Gasteiger charge is 2.38. The molecular formula is C46H81F3O. The number of hydrogen-bond acceptors (Lipinski definition) is 1. The summed E-state index contributed by atoms with van der Waals surface area (Å²) in [4.78, 5) is 11.6. The molecule has 0 heterocycles. The van der Waals surface area contributed by atoms with Gasteiger partial charge in [-0.05, 0) is 80.9 Å². The van der Waals surface area contributed by atoms with E-state index >= 15 is 0 Å². The van der Waals surface area contributed by atoms with Crippen LogP contribution in [0.3, 0.4) is 0 Å². The number of aryl methyl sites for hydroxylation is 2. The Bertz CT molecular complexity index is 1010. The fourth-order valence-corrected chi connectivity index (χ4v) is 6.22. The van der Waals surface area contributed by atoms with Crippen LogP contribution >= 0.6 is 0 Å². The van der Waals surface area contributed by atoms with Crippen molar-refractivity contribution in [3.63, 3.8) is 0 Å². The number of benzene rings is 1. The van der Waals surface area contributed by atoms with E-state index in [1.165, 1.54) is 128 Å². The number of halogens is 3. The molecule has 0 N–H and O–H groups in total. The molecule has 0 unspecified atom stereocenters. The van der Waals surface area contributed by atoms with Crippen LogP contribution in [0.25, 0.3) is 11.1 Å². The van der Waals surface area contributed by atoms with Crippen molar-refractivity contribution in [2.75, 3.05) is 0 Å². The van der Waals surface area contributed by atoms with Crippen LogP contribution in [0.5, 0.6) is 0 Å². The molecule has 0 fully saturated rings. The summed E-state index contributed by atoms with van der Waals surface area (Å²) >= 11 is 0. The van der Waals surface area contributed by atoms with Gasteiger partial charge in [-0.15, -0.1) is 0 Å². The Morgan fingerprint density at radius 3 is 1.22 bits per heavy atom. The minimum absolute atomic E-state index is 0.173. The maximum atomic E-state index is 13.9. The molecule has 0 radical (unpaired) electrons. The van der Waals surface area contributed by atoms with Crippen LogP contribution in [-0.4, -0.2) is 12.0 Å². The highest BCUT2D eigenvalue weighted by molar-refractivity contribution is 5.98. The van der Waals surface area contributed by atoms with Gasteiger partial charge in [-0.2, -0.15) is 13.2 Å². The number of carbonyl (C=O) groups is 1. The van der Waals surface area contributed by atoms with Crippen LogP contribution in [0.1, 0.15) is 232 Å².